The van der Waals surface area contributed by atoms with E-state index in [1.807, 2.05) is 53.4 Å². The number of halogens is 1. The van der Waals surface area contributed by atoms with Gasteiger partial charge < -0.3 is 9.84 Å². The fraction of sp³-hybridized carbons (Fsp3) is 0.320. The van der Waals surface area contributed by atoms with Crippen molar-refractivity contribution in [2.75, 3.05) is 6.61 Å². The van der Waals surface area contributed by atoms with Gasteiger partial charge in [-0.05, 0) is 82.4 Å². The molecule has 6 nitrogen and oxygen atoms in total. The molecule has 2 aromatic rings. The van der Waals surface area contributed by atoms with Crippen molar-refractivity contribution >= 4 is 56.5 Å². The van der Waals surface area contributed by atoms with E-state index in [1.165, 1.54) is 18.2 Å². The van der Waals surface area contributed by atoms with Crippen molar-refractivity contribution in [3.05, 3.63) is 63.5 Å². The van der Waals surface area contributed by atoms with Crippen molar-refractivity contribution in [1.82, 2.24) is 4.90 Å². The Balaban J connectivity index is 1.64. The molecule has 2 fully saturated rings. The van der Waals surface area contributed by atoms with Gasteiger partial charge in [-0.25, -0.2) is 9.79 Å². The van der Waals surface area contributed by atoms with Gasteiger partial charge in [-0.2, -0.15) is 0 Å². The molecule has 8 heteroatoms. The van der Waals surface area contributed by atoms with Gasteiger partial charge >= 0.3 is 5.97 Å². The lowest BCUT2D eigenvalue weighted by Gasteiger charge is -2.35. The molecule has 2 atom stereocenters. The number of amidine groups is 1. The summed E-state index contributed by atoms with van der Waals surface area (Å²) in [6.07, 6.45) is 6.26. The van der Waals surface area contributed by atoms with Crippen LogP contribution in [0.15, 0.2) is 62.9 Å². The lowest BCUT2D eigenvalue weighted by Crippen LogP contribution is -2.44. The zero-order valence-corrected chi connectivity index (χ0v) is 20.6. The molecule has 1 N–H and O–H groups in total. The van der Waals surface area contributed by atoms with Gasteiger partial charge in [0.25, 0.3) is 5.91 Å². The lowest BCUT2D eigenvalue weighted by molar-refractivity contribution is -0.139. The van der Waals surface area contributed by atoms with Gasteiger partial charge in [-0.1, -0.05) is 44.0 Å². The molecule has 1 aliphatic heterocycles. The van der Waals surface area contributed by atoms with Crippen LogP contribution in [0, 0.1) is 5.92 Å². The number of carboxylic acids is 1. The molecule has 1 amide bonds. The van der Waals surface area contributed by atoms with E-state index in [4.69, 9.17) is 14.8 Å². The summed E-state index contributed by atoms with van der Waals surface area (Å²) in [6.45, 7) is 1.80. The van der Waals surface area contributed by atoms with Crippen molar-refractivity contribution in [2.45, 2.75) is 38.6 Å². The molecule has 1 saturated carbocycles. The van der Waals surface area contributed by atoms with E-state index in [0.29, 0.717) is 21.0 Å². The quantitative estimate of drug-likeness (QED) is 0.458. The predicted molar refractivity (Wildman–Crippen MR) is 135 cm³/mol. The third-order valence-corrected chi connectivity index (χ3v) is 7.42. The topological polar surface area (TPSA) is 79.2 Å². The van der Waals surface area contributed by atoms with Crippen LogP contribution in [0.25, 0.3) is 6.08 Å². The molecule has 2 aliphatic rings. The van der Waals surface area contributed by atoms with Crippen molar-refractivity contribution in [3.8, 4) is 5.75 Å². The number of aliphatic imine (C=N–C) groups is 1. The number of benzene rings is 2. The molecule has 33 heavy (non-hydrogen) atoms. The van der Waals surface area contributed by atoms with E-state index in [-0.39, 0.29) is 11.9 Å². The molecule has 0 radical (unpaired) electrons. The Hall–Kier alpha value is -2.58. The smallest absolute Gasteiger partial charge is 0.341 e. The molecule has 1 heterocycles. The highest BCUT2D eigenvalue weighted by Gasteiger charge is 2.41. The van der Waals surface area contributed by atoms with Crippen LogP contribution < -0.4 is 4.74 Å². The number of carbonyl (C=O) groups excluding carboxylic acids is 1. The van der Waals surface area contributed by atoms with Crippen LogP contribution in [0.3, 0.4) is 0 Å². The maximum absolute atomic E-state index is 13.5. The van der Waals surface area contributed by atoms with Crippen LogP contribution in [0.1, 0.15) is 38.2 Å². The first-order valence-corrected chi connectivity index (χ1v) is 12.5. The highest BCUT2D eigenvalue weighted by Crippen LogP contribution is 2.40. The molecule has 0 bridgehead atoms. The first kappa shape index (κ1) is 23.6. The zero-order chi connectivity index (χ0) is 23.4. The molecule has 1 saturated heterocycles. The van der Waals surface area contributed by atoms with Gasteiger partial charge in [0.1, 0.15) is 5.75 Å². The van der Waals surface area contributed by atoms with Crippen molar-refractivity contribution in [1.29, 1.82) is 0 Å². The average molecular weight is 529 g/mol. The normalized spacial score (nSPS) is 23.3. The Labute approximate surface area is 205 Å². The summed E-state index contributed by atoms with van der Waals surface area (Å²) in [5.74, 6) is -0.198. The lowest BCUT2D eigenvalue weighted by atomic mass is 9.85. The Morgan fingerprint density at radius 3 is 2.70 bits per heavy atom. The predicted octanol–water partition coefficient (Wildman–Crippen LogP) is 6.10. The van der Waals surface area contributed by atoms with Crippen molar-refractivity contribution in [3.63, 3.8) is 0 Å². The molecule has 172 valence electrons. The van der Waals surface area contributed by atoms with E-state index < -0.39 is 12.6 Å². The van der Waals surface area contributed by atoms with Gasteiger partial charge in [-0.3, -0.25) is 9.69 Å². The average Bonchev–Trinajstić information content (AvgIpc) is 3.08. The third-order valence-electron chi connectivity index (χ3n) is 5.82. The highest BCUT2D eigenvalue weighted by atomic mass is 79.9. The zero-order valence-electron chi connectivity index (χ0n) is 18.2. The molecule has 1 aliphatic carbocycles. The molecule has 0 spiro atoms. The number of ether oxygens (including phenoxy) is 1. The second-order valence-corrected chi connectivity index (χ2v) is 10.1. The number of carboxylic acid groups (broad SMARTS) is 1. The van der Waals surface area contributed by atoms with Crippen LogP contribution in [-0.4, -0.2) is 39.7 Å². The number of para-hydroxylation sites is 1. The second kappa shape index (κ2) is 10.6. The van der Waals surface area contributed by atoms with Gasteiger partial charge in [0.05, 0.1) is 15.1 Å². The summed E-state index contributed by atoms with van der Waals surface area (Å²) < 4.78 is 5.90. The number of carbonyl (C=O) groups is 2. The summed E-state index contributed by atoms with van der Waals surface area (Å²) in [6, 6.07) is 15.2. The fourth-order valence-electron chi connectivity index (χ4n) is 4.17. The molecular formula is C25H25BrN2O4S. The Kier molecular flexibility index (Phi) is 7.55. The number of amides is 1. The van der Waals surface area contributed by atoms with Gasteiger partial charge in [0.2, 0.25) is 0 Å². The van der Waals surface area contributed by atoms with Gasteiger partial charge in [-0.15, -0.1) is 0 Å². The van der Waals surface area contributed by atoms with E-state index in [1.54, 1.807) is 6.07 Å². The molecule has 2 aromatic carbocycles. The Bertz CT molecular complexity index is 1100. The monoisotopic (exact) mass is 528 g/mol. The largest absolute Gasteiger partial charge is 0.481 e. The van der Waals surface area contributed by atoms with Crippen LogP contribution in [0.2, 0.25) is 0 Å². The van der Waals surface area contributed by atoms with Crippen LogP contribution in [0.5, 0.6) is 5.75 Å². The van der Waals surface area contributed by atoms with Gasteiger partial charge in [0, 0.05) is 6.04 Å². The first-order valence-electron chi connectivity index (χ1n) is 10.9. The Morgan fingerprint density at radius 2 is 2.00 bits per heavy atom. The highest BCUT2D eigenvalue weighted by molar-refractivity contribution is 9.10. The minimum Gasteiger partial charge on any atom is -0.481 e. The van der Waals surface area contributed by atoms with Crippen LogP contribution in [0.4, 0.5) is 5.69 Å². The number of aliphatic carboxylic acids is 1. The van der Waals surface area contributed by atoms with E-state index in [2.05, 4.69) is 22.9 Å². The summed E-state index contributed by atoms with van der Waals surface area (Å²) >= 11 is 4.83. The van der Waals surface area contributed by atoms with E-state index >= 15 is 0 Å². The fourth-order valence-corrected chi connectivity index (χ4v) is 5.72. The molecule has 0 aromatic heterocycles. The van der Waals surface area contributed by atoms with Crippen LogP contribution in [-0.2, 0) is 9.59 Å². The first-order chi connectivity index (χ1) is 15.9. The third kappa shape index (κ3) is 5.68. The summed E-state index contributed by atoms with van der Waals surface area (Å²) in [5.41, 5.74) is 1.64. The Morgan fingerprint density at radius 1 is 1.24 bits per heavy atom. The summed E-state index contributed by atoms with van der Waals surface area (Å²) in [7, 11) is 0. The maximum Gasteiger partial charge on any atom is 0.341 e. The van der Waals surface area contributed by atoms with E-state index in [0.717, 1.165) is 35.7 Å². The standard InChI is InChI=1S/C25H25BrN2O4S/c1-16-7-5-6-10-20(16)28-24(31)22(33-25(28)27-18-8-3-2-4-9-18)14-17-11-12-21(19(26)13-17)32-15-23(29)30/h2-4,8-9,11-14,16,20H,5-7,10,15H2,1H3,(H,29,30)/b22-14-,27-25?/t16-,20-/m1/s1. The number of rotatable bonds is 6. The van der Waals surface area contributed by atoms with Gasteiger partial charge in [0.15, 0.2) is 11.8 Å². The minimum absolute atomic E-state index is 0.0178. The number of thioether (sulfide) groups is 1. The molecule has 0 unspecified atom stereocenters. The molecule has 4 rings (SSSR count). The van der Waals surface area contributed by atoms with E-state index in [9.17, 15) is 9.59 Å². The minimum atomic E-state index is -1.04. The van der Waals surface area contributed by atoms with Crippen LogP contribution >= 0.6 is 27.7 Å². The second-order valence-electron chi connectivity index (χ2n) is 8.22. The molecular weight excluding hydrogens is 504 g/mol. The van der Waals surface area contributed by atoms with Crippen molar-refractivity contribution in [2.24, 2.45) is 10.9 Å². The number of hydrogen-bond donors (Lipinski definition) is 1. The number of nitrogens with zero attached hydrogens (tertiary/aromatic N) is 2. The SMILES string of the molecule is C[C@@H]1CCCC[C@H]1N1C(=O)/C(=C/c2ccc(OCC(=O)O)c(Br)c2)SC1=Nc1ccccc1. The maximum atomic E-state index is 13.5. The summed E-state index contributed by atoms with van der Waals surface area (Å²) in [4.78, 5) is 31.6. The van der Waals surface area contributed by atoms with Crippen molar-refractivity contribution < 1.29 is 19.4 Å². The number of hydrogen-bond acceptors (Lipinski definition) is 5. The summed E-state index contributed by atoms with van der Waals surface area (Å²) in [5, 5.41) is 9.53.